The molecule has 34 heavy (non-hydrogen) atoms. The molecular weight excluding hydrogens is 536 g/mol. The first kappa shape index (κ1) is 27.9. The summed E-state index contributed by atoms with van der Waals surface area (Å²) in [7, 11) is 0. The number of ether oxygens (including phenoxy) is 3. The molecule has 2 atom stereocenters. The Balaban J connectivity index is 0.000000758. The van der Waals surface area contributed by atoms with Gasteiger partial charge in [0.25, 0.3) is 5.09 Å². The van der Waals surface area contributed by atoms with Gasteiger partial charge in [0.2, 0.25) is 5.79 Å². The highest BCUT2D eigenvalue weighted by Gasteiger charge is 2.45. The number of hydrogen-bond donors (Lipinski definition) is 1. The molecule has 3 aromatic rings. The number of nitrogens with zero attached hydrogens (tertiary/aromatic N) is 3. The second-order valence-electron chi connectivity index (χ2n) is 6.82. The molecule has 2 heterocycles. The molecule has 184 valence electrons. The van der Waals surface area contributed by atoms with Crippen molar-refractivity contribution in [1.29, 1.82) is 0 Å². The molecule has 0 saturated carbocycles. The van der Waals surface area contributed by atoms with Gasteiger partial charge in [-0.3, -0.25) is 0 Å². The zero-order valence-corrected chi connectivity index (χ0v) is 20.3. The predicted octanol–water partition coefficient (Wildman–Crippen LogP) is 4.67. The van der Waals surface area contributed by atoms with Crippen molar-refractivity contribution in [3.05, 3.63) is 90.9 Å². The van der Waals surface area contributed by atoms with Crippen molar-refractivity contribution in [2.24, 2.45) is 0 Å². The fourth-order valence-corrected chi connectivity index (χ4v) is 4.23. The van der Waals surface area contributed by atoms with E-state index in [1.165, 1.54) is 0 Å². The fraction of sp³-hybridized carbons (Fsp3) is 0.250. The molecule has 4 rings (SSSR count). The number of aromatic nitrogens is 2. The Morgan fingerprint density at radius 1 is 1.18 bits per heavy atom. The third kappa shape index (κ3) is 7.60. The molecule has 0 aliphatic carbocycles. The second-order valence-corrected chi connectivity index (χ2v) is 8.53. The van der Waals surface area contributed by atoms with Crippen LogP contribution >= 0.6 is 46.4 Å². The van der Waals surface area contributed by atoms with E-state index in [-0.39, 0.29) is 18.2 Å². The first-order valence-electron chi connectivity index (χ1n) is 9.32. The summed E-state index contributed by atoms with van der Waals surface area (Å²) in [6, 6.07) is 10.3. The molecule has 2 aromatic carbocycles. The van der Waals surface area contributed by atoms with E-state index in [1.807, 2.05) is 16.8 Å². The number of benzene rings is 2. The van der Waals surface area contributed by atoms with Crippen LogP contribution in [0.3, 0.4) is 0 Å². The molecule has 0 radical (unpaired) electrons. The maximum atomic E-state index is 8.36. The van der Waals surface area contributed by atoms with Crippen molar-refractivity contribution in [2.75, 3.05) is 13.2 Å². The normalized spacial score (nSPS) is 19.0. The summed E-state index contributed by atoms with van der Waals surface area (Å²) < 4.78 is 20.1. The average Bonchev–Trinajstić information content (AvgIpc) is 3.36. The van der Waals surface area contributed by atoms with Crippen LogP contribution in [0.1, 0.15) is 5.56 Å². The van der Waals surface area contributed by atoms with E-state index in [2.05, 4.69) is 4.98 Å². The Bertz CT molecular complexity index is 1080. The molecule has 0 spiro atoms. The van der Waals surface area contributed by atoms with Crippen LogP contribution in [0.5, 0.6) is 5.75 Å². The maximum Gasteiger partial charge on any atom is 0.291 e. The van der Waals surface area contributed by atoms with E-state index in [9.17, 15) is 0 Å². The van der Waals surface area contributed by atoms with Crippen molar-refractivity contribution < 1.29 is 30.0 Å². The van der Waals surface area contributed by atoms with E-state index in [1.54, 1.807) is 42.9 Å². The van der Waals surface area contributed by atoms with Crippen LogP contribution in [0.15, 0.2) is 55.1 Å². The van der Waals surface area contributed by atoms with E-state index < -0.39 is 10.9 Å². The Hall–Kier alpha value is -2.31. The molecule has 14 heteroatoms. The van der Waals surface area contributed by atoms with E-state index in [4.69, 9.17) is 75.9 Å². The minimum atomic E-state index is -1.50. The van der Waals surface area contributed by atoms with Crippen molar-refractivity contribution >= 4 is 46.4 Å². The van der Waals surface area contributed by atoms with Crippen molar-refractivity contribution in [2.45, 2.75) is 18.4 Å². The summed E-state index contributed by atoms with van der Waals surface area (Å²) in [4.78, 5) is 12.4. The number of rotatable bonds is 6. The van der Waals surface area contributed by atoms with Crippen LogP contribution in [0.4, 0.5) is 0 Å². The van der Waals surface area contributed by atoms with Gasteiger partial charge in [-0.2, -0.15) is 0 Å². The summed E-state index contributed by atoms with van der Waals surface area (Å²) >= 11 is 24.6. The van der Waals surface area contributed by atoms with Gasteiger partial charge in [-0.1, -0.05) is 52.5 Å². The third-order valence-corrected chi connectivity index (χ3v) is 5.41. The molecule has 3 N–H and O–H groups in total. The van der Waals surface area contributed by atoms with Crippen LogP contribution in [-0.2, 0) is 21.8 Å². The monoisotopic (exact) mass is 553 g/mol. The summed E-state index contributed by atoms with van der Waals surface area (Å²) in [5, 5.41) is 15.6. The highest BCUT2D eigenvalue weighted by molar-refractivity contribution is 6.35. The van der Waals surface area contributed by atoms with Crippen LogP contribution in [0.2, 0.25) is 20.1 Å². The molecule has 1 aromatic heterocycles. The topological polar surface area (TPSA) is 140 Å². The lowest BCUT2D eigenvalue weighted by Crippen LogP contribution is -2.34. The van der Waals surface area contributed by atoms with Gasteiger partial charge in [-0.15, -0.1) is 10.1 Å². The maximum absolute atomic E-state index is 8.36. The zero-order chi connectivity index (χ0) is 24.0. The minimum Gasteiger partial charge on any atom is -0.491 e. The minimum absolute atomic E-state index is 0. The first-order chi connectivity index (χ1) is 15.7. The molecule has 1 aliphatic rings. The second kappa shape index (κ2) is 12.4. The smallest absolute Gasteiger partial charge is 0.291 e. The zero-order valence-electron chi connectivity index (χ0n) is 17.2. The first-order valence-corrected chi connectivity index (χ1v) is 10.8. The fourth-order valence-electron chi connectivity index (χ4n) is 3.18. The molecule has 2 unspecified atom stereocenters. The molecule has 0 bridgehead atoms. The number of hydrogen-bond acceptors (Lipinski definition) is 6. The van der Waals surface area contributed by atoms with Gasteiger partial charge in [0.1, 0.15) is 18.5 Å². The number of halogens is 4. The highest BCUT2D eigenvalue weighted by atomic mass is 35.5. The van der Waals surface area contributed by atoms with E-state index in [0.29, 0.717) is 44.6 Å². The van der Waals surface area contributed by atoms with Gasteiger partial charge >= 0.3 is 0 Å². The van der Waals surface area contributed by atoms with Crippen LogP contribution < -0.4 is 4.74 Å². The predicted molar refractivity (Wildman–Crippen MR) is 126 cm³/mol. The van der Waals surface area contributed by atoms with Gasteiger partial charge in [-0.05, 0) is 30.3 Å². The Labute approximate surface area is 213 Å². The lowest BCUT2D eigenvalue weighted by molar-refractivity contribution is -0.742. The summed E-state index contributed by atoms with van der Waals surface area (Å²) in [6.45, 7) is 0.948. The van der Waals surface area contributed by atoms with Gasteiger partial charge in [0, 0.05) is 33.0 Å². The molecule has 1 saturated heterocycles. The largest absolute Gasteiger partial charge is 0.491 e. The van der Waals surface area contributed by atoms with E-state index >= 15 is 0 Å². The molecule has 1 aliphatic heterocycles. The summed E-state index contributed by atoms with van der Waals surface area (Å²) in [5.41, 5.74) is 0.686. The Kier molecular flexibility index (Phi) is 10.2. The molecule has 0 amide bonds. The lowest BCUT2D eigenvalue weighted by Gasteiger charge is -2.30. The lowest BCUT2D eigenvalue weighted by atomic mass is 10.1. The summed E-state index contributed by atoms with van der Waals surface area (Å²) in [6.07, 6.45) is 4.88. The van der Waals surface area contributed by atoms with Gasteiger partial charge in [-0.25, -0.2) is 4.98 Å². The average molecular weight is 555 g/mol. The number of imidazole rings is 1. The van der Waals surface area contributed by atoms with Crippen LogP contribution in [0, 0.1) is 10.1 Å². The third-order valence-electron chi connectivity index (χ3n) is 4.42. The molecular formula is C20H19Cl4N3O7. The van der Waals surface area contributed by atoms with Crippen LogP contribution in [-0.4, -0.2) is 44.6 Å². The molecule has 10 nitrogen and oxygen atoms in total. The van der Waals surface area contributed by atoms with Crippen molar-refractivity contribution in [1.82, 2.24) is 9.55 Å². The Morgan fingerprint density at radius 2 is 1.85 bits per heavy atom. The standard InChI is InChI=1S/C20H16Cl4N2O3.HNO3.H2O/c21-13-1-2-18(19(24)8-13)20(11-26-4-3-25-12-26)28-10-17(29-20)9-27-16-6-14(22)5-15(23)7-16;2-1(3)4;/h1-8,12,17H,9-11H2;(H,2,3,4);1H2. The highest BCUT2D eigenvalue weighted by Crippen LogP contribution is 2.40. The van der Waals surface area contributed by atoms with Crippen LogP contribution in [0.25, 0.3) is 0 Å². The summed E-state index contributed by atoms with van der Waals surface area (Å²) in [5.74, 6) is -0.537. The quantitative estimate of drug-likeness (QED) is 0.344. The van der Waals surface area contributed by atoms with E-state index in [0.717, 1.165) is 0 Å². The van der Waals surface area contributed by atoms with Crippen molar-refractivity contribution in [3.8, 4) is 5.75 Å². The van der Waals surface area contributed by atoms with Gasteiger partial charge < -0.3 is 29.5 Å². The van der Waals surface area contributed by atoms with Gasteiger partial charge in [0.15, 0.2) is 0 Å². The van der Waals surface area contributed by atoms with Gasteiger partial charge in [0.05, 0.1) is 24.5 Å². The Morgan fingerprint density at radius 3 is 2.44 bits per heavy atom. The molecule has 1 fully saturated rings. The SMILES string of the molecule is Clc1cc(Cl)cc(OCC2COC(Cn3ccnc3)(c3ccc(Cl)cc3Cl)O2)c1.O.O=[N+]([O-])O. The van der Waals surface area contributed by atoms with Crippen molar-refractivity contribution in [3.63, 3.8) is 0 Å².